The molecule has 0 heterocycles. The fraction of sp³-hybridized carbons (Fsp3) is 0.250. The van der Waals surface area contributed by atoms with Crippen LogP contribution in [0.1, 0.15) is 33.9 Å². The molecule has 1 atom stereocenters. The van der Waals surface area contributed by atoms with Crippen LogP contribution in [-0.2, 0) is 0 Å². The number of hydrogen-bond acceptors (Lipinski definition) is 2. The predicted octanol–water partition coefficient (Wildman–Crippen LogP) is 4.07. The number of rotatable bonds is 3. The molecule has 2 aromatic rings. The second-order valence-corrected chi connectivity index (χ2v) is 5.97. The van der Waals surface area contributed by atoms with Crippen LogP contribution in [0.25, 0.3) is 0 Å². The molecule has 0 saturated heterocycles. The Balaban J connectivity index is 2.58. The molecule has 106 valence electrons. The zero-order valence-corrected chi connectivity index (χ0v) is 13.4. The van der Waals surface area contributed by atoms with E-state index in [-0.39, 0.29) is 11.9 Å². The van der Waals surface area contributed by atoms with E-state index in [9.17, 15) is 4.39 Å². The van der Waals surface area contributed by atoms with E-state index in [0.717, 1.165) is 15.6 Å². The maximum Gasteiger partial charge on any atom is 0.128 e. The average Bonchev–Trinajstić information content (AvgIpc) is 2.40. The van der Waals surface area contributed by atoms with Crippen LogP contribution in [0.5, 0.6) is 0 Å². The number of aryl methyl sites for hydroxylation is 3. The first-order valence-electron chi connectivity index (χ1n) is 6.43. The van der Waals surface area contributed by atoms with Crippen LogP contribution >= 0.6 is 15.9 Å². The van der Waals surface area contributed by atoms with Crippen LogP contribution in [-0.4, -0.2) is 0 Å². The van der Waals surface area contributed by atoms with Crippen molar-refractivity contribution in [2.45, 2.75) is 26.8 Å². The molecule has 0 amide bonds. The highest BCUT2D eigenvalue weighted by molar-refractivity contribution is 9.10. The quantitative estimate of drug-likeness (QED) is 0.655. The molecule has 0 bridgehead atoms. The predicted molar refractivity (Wildman–Crippen MR) is 83.9 cm³/mol. The number of nitrogens with two attached hydrogens (primary N) is 1. The topological polar surface area (TPSA) is 38.0 Å². The lowest BCUT2D eigenvalue weighted by molar-refractivity contribution is 0.558. The molecule has 0 aliphatic carbocycles. The largest absolute Gasteiger partial charge is 0.271 e. The minimum absolute atomic E-state index is 0.270. The molecule has 2 rings (SSSR count). The summed E-state index contributed by atoms with van der Waals surface area (Å²) in [7, 11) is 0. The van der Waals surface area contributed by atoms with Gasteiger partial charge in [-0.3, -0.25) is 5.84 Å². The van der Waals surface area contributed by atoms with Crippen molar-refractivity contribution >= 4 is 15.9 Å². The van der Waals surface area contributed by atoms with Crippen LogP contribution in [0.15, 0.2) is 34.8 Å². The van der Waals surface area contributed by atoms with Gasteiger partial charge in [-0.05, 0) is 61.2 Å². The van der Waals surface area contributed by atoms with Gasteiger partial charge in [0.1, 0.15) is 5.82 Å². The van der Waals surface area contributed by atoms with Crippen LogP contribution in [0, 0.1) is 26.6 Å². The van der Waals surface area contributed by atoms with E-state index in [1.807, 2.05) is 13.8 Å². The highest BCUT2D eigenvalue weighted by atomic mass is 79.9. The summed E-state index contributed by atoms with van der Waals surface area (Å²) in [6.07, 6.45) is 0. The molecular formula is C16H18BrFN2. The maximum absolute atomic E-state index is 14.1. The third-order valence-electron chi connectivity index (χ3n) is 3.63. The van der Waals surface area contributed by atoms with E-state index < -0.39 is 0 Å². The minimum atomic E-state index is -0.369. The summed E-state index contributed by atoms with van der Waals surface area (Å²) in [6.45, 7) is 6.13. The number of halogens is 2. The fourth-order valence-electron chi connectivity index (χ4n) is 2.38. The van der Waals surface area contributed by atoms with Crippen LogP contribution in [0.2, 0.25) is 0 Å². The van der Waals surface area contributed by atoms with Gasteiger partial charge >= 0.3 is 0 Å². The summed E-state index contributed by atoms with van der Waals surface area (Å²) in [6, 6.07) is 8.68. The molecule has 0 aliphatic rings. The molecule has 0 fully saturated rings. The Labute approximate surface area is 127 Å². The Morgan fingerprint density at radius 1 is 1.00 bits per heavy atom. The van der Waals surface area contributed by atoms with E-state index in [4.69, 9.17) is 5.84 Å². The zero-order valence-electron chi connectivity index (χ0n) is 11.8. The molecule has 0 spiro atoms. The lowest BCUT2D eigenvalue weighted by Crippen LogP contribution is -2.30. The van der Waals surface area contributed by atoms with Crippen molar-refractivity contribution in [3.05, 3.63) is 68.4 Å². The summed E-state index contributed by atoms with van der Waals surface area (Å²) in [5, 5.41) is 0. The van der Waals surface area contributed by atoms with Gasteiger partial charge in [0, 0.05) is 10.0 Å². The standard InChI is InChI=1S/C16H18BrFN2/c1-9-6-11(3)13(7-10(9)2)16(20-19)14-8-12(17)4-5-15(14)18/h4-8,16,20H,19H2,1-3H3. The Kier molecular flexibility index (Phi) is 4.58. The summed E-state index contributed by atoms with van der Waals surface area (Å²) >= 11 is 3.38. The van der Waals surface area contributed by atoms with Gasteiger partial charge in [0.05, 0.1) is 6.04 Å². The third-order valence-corrected chi connectivity index (χ3v) is 4.12. The van der Waals surface area contributed by atoms with E-state index >= 15 is 0 Å². The zero-order chi connectivity index (χ0) is 14.9. The summed E-state index contributed by atoms with van der Waals surface area (Å²) < 4.78 is 14.9. The van der Waals surface area contributed by atoms with Gasteiger partial charge < -0.3 is 0 Å². The fourth-order valence-corrected chi connectivity index (χ4v) is 2.76. The monoisotopic (exact) mass is 336 g/mol. The van der Waals surface area contributed by atoms with Crippen molar-refractivity contribution in [3.63, 3.8) is 0 Å². The summed E-state index contributed by atoms with van der Waals surface area (Å²) in [5.41, 5.74) is 7.74. The van der Waals surface area contributed by atoms with Gasteiger partial charge in [0.2, 0.25) is 0 Å². The van der Waals surface area contributed by atoms with Crippen molar-refractivity contribution in [3.8, 4) is 0 Å². The van der Waals surface area contributed by atoms with Crippen molar-refractivity contribution in [1.82, 2.24) is 5.43 Å². The van der Waals surface area contributed by atoms with Gasteiger partial charge in [-0.1, -0.05) is 28.1 Å². The van der Waals surface area contributed by atoms with E-state index in [0.29, 0.717) is 5.56 Å². The van der Waals surface area contributed by atoms with E-state index in [2.05, 4.69) is 40.4 Å². The highest BCUT2D eigenvalue weighted by Crippen LogP contribution is 2.30. The second-order valence-electron chi connectivity index (χ2n) is 5.06. The molecule has 2 nitrogen and oxygen atoms in total. The van der Waals surface area contributed by atoms with Crippen molar-refractivity contribution in [1.29, 1.82) is 0 Å². The van der Waals surface area contributed by atoms with Crippen LogP contribution in [0.4, 0.5) is 4.39 Å². The molecule has 0 radical (unpaired) electrons. The number of nitrogens with one attached hydrogen (secondary N) is 1. The van der Waals surface area contributed by atoms with Gasteiger partial charge in [0.15, 0.2) is 0 Å². The molecule has 4 heteroatoms. The Morgan fingerprint density at radius 2 is 1.65 bits per heavy atom. The molecule has 20 heavy (non-hydrogen) atoms. The first-order chi connectivity index (χ1) is 9.43. The molecule has 3 N–H and O–H groups in total. The number of benzene rings is 2. The van der Waals surface area contributed by atoms with Crippen molar-refractivity contribution < 1.29 is 4.39 Å². The Bertz CT molecular complexity index is 641. The van der Waals surface area contributed by atoms with Crippen LogP contribution < -0.4 is 11.3 Å². The van der Waals surface area contributed by atoms with Gasteiger partial charge in [-0.15, -0.1) is 0 Å². The third kappa shape index (κ3) is 2.92. The highest BCUT2D eigenvalue weighted by Gasteiger charge is 2.19. The molecule has 0 aliphatic heterocycles. The van der Waals surface area contributed by atoms with E-state index in [1.165, 1.54) is 17.2 Å². The Hall–Kier alpha value is -1.23. The van der Waals surface area contributed by atoms with Crippen molar-refractivity contribution in [2.75, 3.05) is 0 Å². The molecule has 2 aromatic carbocycles. The molecule has 0 aromatic heterocycles. The number of hydrazine groups is 1. The lowest BCUT2D eigenvalue weighted by atomic mass is 9.92. The van der Waals surface area contributed by atoms with E-state index in [1.54, 1.807) is 12.1 Å². The first kappa shape index (κ1) is 15.2. The molecule has 1 unspecified atom stereocenters. The van der Waals surface area contributed by atoms with Crippen LogP contribution in [0.3, 0.4) is 0 Å². The van der Waals surface area contributed by atoms with Gasteiger partial charge in [-0.2, -0.15) is 0 Å². The molecular weight excluding hydrogens is 319 g/mol. The van der Waals surface area contributed by atoms with Crippen molar-refractivity contribution in [2.24, 2.45) is 5.84 Å². The molecule has 0 saturated carbocycles. The lowest BCUT2D eigenvalue weighted by Gasteiger charge is -2.21. The number of hydrogen-bond donors (Lipinski definition) is 2. The summed E-state index contributed by atoms with van der Waals surface area (Å²) in [5.74, 6) is 5.41. The Morgan fingerprint density at radius 3 is 2.30 bits per heavy atom. The average molecular weight is 337 g/mol. The van der Waals surface area contributed by atoms with Gasteiger partial charge in [-0.25, -0.2) is 9.82 Å². The normalized spacial score (nSPS) is 12.5. The maximum atomic E-state index is 14.1. The SMILES string of the molecule is Cc1cc(C)c(C(NN)c2cc(Br)ccc2F)cc1C. The smallest absolute Gasteiger partial charge is 0.128 e. The van der Waals surface area contributed by atoms with Gasteiger partial charge in [0.25, 0.3) is 0 Å². The first-order valence-corrected chi connectivity index (χ1v) is 7.22. The summed E-state index contributed by atoms with van der Waals surface area (Å²) in [4.78, 5) is 0. The second kappa shape index (κ2) is 6.04. The minimum Gasteiger partial charge on any atom is -0.271 e.